The molecule has 5 rings (SSSR count). The molecular weight excluding hydrogens is 569 g/mol. The van der Waals surface area contributed by atoms with Gasteiger partial charge < -0.3 is 4.98 Å². The Labute approximate surface area is 249 Å². The maximum Gasteiger partial charge on any atom is 0.333 e. The molecule has 11 heteroatoms. The second-order valence-electron chi connectivity index (χ2n) is 11.6. The number of unbranched alkanes of at least 4 members (excludes halogenated alkanes) is 1. The first-order valence-corrected chi connectivity index (χ1v) is 15.9. The second-order valence-corrected chi connectivity index (χ2v) is 13.2. The Morgan fingerprint density at radius 2 is 1.77 bits per heavy atom. The van der Waals surface area contributed by atoms with Crippen LogP contribution in [0.5, 0.6) is 0 Å². The summed E-state index contributed by atoms with van der Waals surface area (Å²) in [6.45, 7) is 7.77. The number of nitrogens with two attached hydrogens (primary N) is 1. The maximum absolute atomic E-state index is 14.4. The predicted octanol–water partition coefficient (Wildman–Crippen LogP) is 4.29. The Bertz CT molecular complexity index is 1990. The van der Waals surface area contributed by atoms with Crippen LogP contribution in [-0.4, -0.2) is 32.8 Å². The number of imidazole rings is 1. The number of fused-ring (bicyclic) bond motifs is 1. The molecule has 0 radical (unpaired) electrons. The average Bonchev–Trinajstić information content (AvgIpc) is 3.34. The Hall–Kier alpha value is -4.09. The van der Waals surface area contributed by atoms with Crippen molar-refractivity contribution in [3.05, 3.63) is 121 Å². The number of rotatable bonds is 9. The number of hydrogen-bond donors (Lipinski definition) is 2. The molecule has 226 valence electrons. The van der Waals surface area contributed by atoms with Gasteiger partial charge in [-0.2, -0.15) is 0 Å². The zero-order valence-corrected chi connectivity index (χ0v) is 25.5. The first kappa shape index (κ1) is 30.4. The Balaban J connectivity index is 1.51. The Kier molecular flexibility index (Phi) is 8.15. The highest BCUT2D eigenvalue weighted by atomic mass is 32.2. The van der Waals surface area contributed by atoms with E-state index in [2.05, 4.69) is 9.97 Å². The van der Waals surface area contributed by atoms with Gasteiger partial charge in [0.15, 0.2) is 5.65 Å². The van der Waals surface area contributed by atoms with E-state index < -0.39 is 37.8 Å². The SMILES string of the molecule is CCCCn1c(=O)n(Cc2ccccc2F)c(=O)c2[nH]c(Cc3ccc(C4(C)C=C(C)C=C(C)C4S(N)(=O)=O)cc3)nc21. The Morgan fingerprint density at radius 3 is 2.42 bits per heavy atom. The van der Waals surface area contributed by atoms with Crippen LogP contribution in [0.15, 0.2) is 81.4 Å². The molecule has 3 N–H and O–H groups in total. The molecule has 2 aromatic heterocycles. The molecule has 1 aliphatic carbocycles. The van der Waals surface area contributed by atoms with Crippen LogP contribution in [0.2, 0.25) is 0 Å². The lowest BCUT2D eigenvalue weighted by Crippen LogP contribution is -2.46. The molecule has 1 aliphatic rings. The molecule has 2 atom stereocenters. The normalized spacial score (nSPS) is 19.0. The van der Waals surface area contributed by atoms with Crippen molar-refractivity contribution >= 4 is 21.2 Å². The highest BCUT2D eigenvalue weighted by Crippen LogP contribution is 2.40. The van der Waals surface area contributed by atoms with Gasteiger partial charge in [0.05, 0.1) is 6.54 Å². The minimum absolute atomic E-state index is 0.187. The van der Waals surface area contributed by atoms with Crippen molar-refractivity contribution < 1.29 is 12.8 Å². The summed E-state index contributed by atoms with van der Waals surface area (Å²) in [5.74, 6) is 0.00556. The van der Waals surface area contributed by atoms with Crippen molar-refractivity contribution in [1.29, 1.82) is 0 Å². The quantitative estimate of drug-likeness (QED) is 0.294. The van der Waals surface area contributed by atoms with Crippen molar-refractivity contribution in [3.63, 3.8) is 0 Å². The number of aromatic nitrogens is 4. The number of aryl methyl sites for hydroxylation is 1. The molecule has 4 aromatic rings. The molecule has 2 aromatic carbocycles. The van der Waals surface area contributed by atoms with Gasteiger partial charge in [0.25, 0.3) is 5.56 Å². The molecule has 0 saturated carbocycles. The zero-order valence-electron chi connectivity index (χ0n) is 24.7. The van der Waals surface area contributed by atoms with Gasteiger partial charge in [-0.3, -0.25) is 13.9 Å². The number of primary sulfonamides is 1. The second kappa shape index (κ2) is 11.5. The van der Waals surface area contributed by atoms with Crippen LogP contribution < -0.4 is 16.4 Å². The Morgan fingerprint density at radius 1 is 1.07 bits per heavy atom. The van der Waals surface area contributed by atoms with E-state index in [0.29, 0.717) is 30.8 Å². The van der Waals surface area contributed by atoms with Crippen LogP contribution in [0, 0.1) is 5.82 Å². The third kappa shape index (κ3) is 5.79. The number of benzene rings is 2. The van der Waals surface area contributed by atoms with E-state index in [1.165, 1.54) is 10.6 Å². The molecule has 0 saturated heterocycles. The van der Waals surface area contributed by atoms with Crippen LogP contribution >= 0.6 is 0 Å². The molecule has 43 heavy (non-hydrogen) atoms. The van der Waals surface area contributed by atoms with Gasteiger partial charge in [-0.1, -0.05) is 86.0 Å². The molecule has 0 fully saturated rings. The van der Waals surface area contributed by atoms with Gasteiger partial charge in [-0.05, 0) is 37.5 Å². The maximum atomic E-state index is 14.4. The van der Waals surface area contributed by atoms with E-state index in [0.717, 1.165) is 27.7 Å². The van der Waals surface area contributed by atoms with Crippen LogP contribution in [0.1, 0.15) is 63.1 Å². The summed E-state index contributed by atoms with van der Waals surface area (Å²) in [7, 11) is -3.88. The van der Waals surface area contributed by atoms with Crippen molar-refractivity contribution in [2.45, 2.75) is 70.7 Å². The van der Waals surface area contributed by atoms with Crippen LogP contribution in [0.4, 0.5) is 4.39 Å². The van der Waals surface area contributed by atoms with E-state index in [1.807, 2.05) is 57.2 Å². The van der Waals surface area contributed by atoms with Crippen molar-refractivity contribution in [2.75, 3.05) is 0 Å². The number of nitrogens with one attached hydrogen (secondary N) is 1. The van der Waals surface area contributed by atoms with E-state index in [-0.39, 0.29) is 23.3 Å². The fourth-order valence-corrected chi connectivity index (χ4v) is 7.73. The lowest BCUT2D eigenvalue weighted by molar-refractivity contribution is 0.529. The molecule has 0 bridgehead atoms. The lowest BCUT2D eigenvalue weighted by Gasteiger charge is -2.38. The van der Waals surface area contributed by atoms with E-state index in [1.54, 1.807) is 25.1 Å². The number of hydrogen-bond acceptors (Lipinski definition) is 5. The zero-order chi connectivity index (χ0) is 31.1. The number of sulfonamides is 1. The highest BCUT2D eigenvalue weighted by molar-refractivity contribution is 7.90. The minimum Gasteiger partial charge on any atom is -0.336 e. The highest BCUT2D eigenvalue weighted by Gasteiger charge is 2.44. The van der Waals surface area contributed by atoms with E-state index in [9.17, 15) is 22.4 Å². The van der Waals surface area contributed by atoms with Gasteiger partial charge in [0.1, 0.15) is 22.4 Å². The van der Waals surface area contributed by atoms with Crippen molar-refractivity contribution in [3.8, 4) is 0 Å². The van der Waals surface area contributed by atoms with Gasteiger partial charge in [-0.25, -0.2) is 27.7 Å². The number of H-pyrrole nitrogens is 1. The summed E-state index contributed by atoms with van der Waals surface area (Å²) in [5.41, 5.74) is 2.08. The van der Waals surface area contributed by atoms with Crippen LogP contribution in [0.25, 0.3) is 11.2 Å². The molecule has 2 unspecified atom stereocenters. The van der Waals surface area contributed by atoms with Crippen LogP contribution in [-0.2, 0) is 34.9 Å². The number of aromatic amines is 1. The third-order valence-electron chi connectivity index (χ3n) is 8.15. The minimum atomic E-state index is -3.88. The summed E-state index contributed by atoms with van der Waals surface area (Å²) in [5, 5.41) is 4.78. The monoisotopic (exact) mass is 605 g/mol. The number of halogens is 1. The summed E-state index contributed by atoms with van der Waals surface area (Å²) in [4.78, 5) is 34.7. The van der Waals surface area contributed by atoms with Gasteiger partial charge in [0, 0.05) is 23.9 Å². The van der Waals surface area contributed by atoms with Gasteiger partial charge in [-0.15, -0.1) is 0 Å². The fourth-order valence-electron chi connectivity index (χ4n) is 6.26. The van der Waals surface area contributed by atoms with E-state index >= 15 is 0 Å². The molecule has 2 heterocycles. The molecule has 0 amide bonds. The van der Waals surface area contributed by atoms with E-state index in [4.69, 9.17) is 5.14 Å². The van der Waals surface area contributed by atoms with Gasteiger partial charge in [0.2, 0.25) is 10.0 Å². The largest absolute Gasteiger partial charge is 0.336 e. The molecular formula is C32H36FN5O4S. The van der Waals surface area contributed by atoms with Crippen LogP contribution in [0.3, 0.4) is 0 Å². The third-order valence-corrected chi connectivity index (χ3v) is 9.67. The molecule has 0 spiro atoms. The molecule has 9 nitrogen and oxygen atoms in total. The first-order chi connectivity index (χ1) is 20.3. The summed E-state index contributed by atoms with van der Waals surface area (Å²) >= 11 is 0. The standard InChI is InChI=1S/C32H36FN5O4S/c1-5-6-15-37-29-27(30(39)38(31(37)40)19-23-9-7-8-10-25(23)33)35-26(36-29)17-22-11-13-24(14-12-22)32(4)18-20(2)16-21(3)28(32)43(34,41)42/h7-14,16,18,28H,5-6,15,17,19H2,1-4H3,(H,35,36)(H2,34,41,42). The lowest BCUT2D eigenvalue weighted by atomic mass is 9.72. The predicted molar refractivity (Wildman–Crippen MR) is 166 cm³/mol. The number of allylic oxidation sites excluding steroid dienone is 3. The first-order valence-electron chi connectivity index (χ1n) is 14.3. The topological polar surface area (TPSA) is 133 Å². The smallest absolute Gasteiger partial charge is 0.333 e. The van der Waals surface area contributed by atoms with Gasteiger partial charge >= 0.3 is 5.69 Å². The number of nitrogens with zero attached hydrogens (tertiary/aromatic N) is 3. The van der Waals surface area contributed by atoms with Crippen molar-refractivity contribution in [1.82, 2.24) is 19.1 Å². The van der Waals surface area contributed by atoms with Crippen molar-refractivity contribution in [2.24, 2.45) is 5.14 Å². The average molecular weight is 606 g/mol. The summed E-state index contributed by atoms with van der Waals surface area (Å²) in [6.07, 6.45) is 5.66. The summed E-state index contributed by atoms with van der Waals surface area (Å²) < 4.78 is 42.1. The fraction of sp³-hybridized carbons (Fsp3) is 0.344. The summed E-state index contributed by atoms with van der Waals surface area (Å²) in [6, 6.07) is 13.6. The molecule has 0 aliphatic heterocycles.